The molecule has 1 heterocycles. The second-order valence-electron chi connectivity index (χ2n) is 5.40. The first-order chi connectivity index (χ1) is 9.11. The highest BCUT2D eigenvalue weighted by Crippen LogP contribution is 2.24. The molecule has 0 saturated heterocycles. The summed E-state index contributed by atoms with van der Waals surface area (Å²) in [4.78, 5) is 6.98. The molecule has 1 aromatic heterocycles. The lowest BCUT2D eigenvalue weighted by Crippen LogP contribution is -2.22. The second-order valence-corrected chi connectivity index (χ2v) is 5.67. The van der Waals surface area contributed by atoms with E-state index in [0.717, 1.165) is 35.2 Å². The molecule has 0 unspecified atom stereocenters. The number of nitrogens with zero attached hydrogens (tertiary/aromatic N) is 2. The van der Waals surface area contributed by atoms with Crippen molar-refractivity contribution in [2.75, 3.05) is 18.5 Å². The third-order valence-electron chi connectivity index (χ3n) is 3.33. The summed E-state index contributed by atoms with van der Waals surface area (Å²) in [5.74, 6) is 2.20. The molecule has 1 aromatic carbocycles. The number of fused-ring (bicyclic) bond motifs is 1. The maximum atomic E-state index is 6.07. The quantitative estimate of drug-likeness (QED) is 0.750. The molecule has 0 amide bonds. The van der Waals surface area contributed by atoms with Gasteiger partial charge in [0.25, 0.3) is 0 Å². The molecule has 0 fully saturated rings. The first-order valence-corrected chi connectivity index (χ1v) is 7.31. The van der Waals surface area contributed by atoms with Crippen LogP contribution in [0.15, 0.2) is 30.3 Å². The molecule has 0 N–H and O–H groups in total. The van der Waals surface area contributed by atoms with E-state index in [1.807, 2.05) is 18.2 Å². The summed E-state index contributed by atoms with van der Waals surface area (Å²) < 4.78 is 0. The Kier molecular flexibility index (Phi) is 4.65. The summed E-state index contributed by atoms with van der Waals surface area (Å²) in [6.45, 7) is 5.49. The van der Waals surface area contributed by atoms with E-state index in [0.29, 0.717) is 11.8 Å². The number of rotatable bonds is 5. The molecular formula is C16H21ClN2. The molecular weight excluding hydrogens is 256 g/mol. The Bertz CT molecular complexity index is 551. The van der Waals surface area contributed by atoms with Gasteiger partial charge in [-0.15, -0.1) is 11.6 Å². The maximum absolute atomic E-state index is 6.07. The zero-order valence-corrected chi connectivity index (χ0v) is 12.6. The number of pyridine rings is 1. The van der Waals surface area contributed by atoms with Gasteiger partial charge in [-0.2, -0.15) is 0 Å². The zero-order chi connectivity index (χ0) is 13.8. The van der Waals surface area contributed by atoms with E-state index < -0.39 is 0 Å². The third kappa shape index (κ3) is 3.38. The Labute approximate surface area is 120 Å². The van der Waals surface area contributed by atoms with E-state index in [2.05, 4.69) is 37.9 Å². The molecule has 102 valence electrons. The van der Waals surface area contributed by atoms with Gasteiger partial charge in [-0.05, 0) is 24.5 Å². The van der Waals surface area contributed by atoms with E-state index in [1.165, 1.54) is 0 Å². The van der Waals surface area contributed by atoms with Crippen molar-refractivity contribution >= 4 is 28.3 Å². The fourth-order valence-corrected chi connectivity index (χ4v) is 2.33. The summed E-state index contributed by atoms with van der Waals surface area (Å²) in [6.07, 6.45) is 1.16. The summed E-state index contributed by atoms with van der Waals surface area (Å²) in [5, 5.41) is 1.15. The fourth-order valence-electron chi connectivity index (χ4n) is 2.14. The number of hydrogen-bond acceptors (Lipinski definition) is 2. The van der Waals surface area contributed by atoms with Gasteiger partial charge in [-0.25, -0.2) is 4.98 Å². The van der Waals surface area contributed by atoms with Crippen LogP contribution in [0.2, 0.25) is 0 Å². The number of para-hydroxylation sites is 1. The molecule has 0 aliphatic carbocycles. The highest BCUT2D eigenvalue weighted by molar-refractivity contribution is 6.17. The van der Waals surface area contributed by atoms with Crippen LogP contribution in [0.1, 0.15) is 25.8 Å². The summed E-state index contributed by atoms with van der Waals surface area (Å²) in [5.41, 5.74) is 2.13. The molecule has 19 heavy (non-hydrogen) atoms. The molecule has 0 radical (unpaired) electrons. The van der Waals surface area contributed by atoms with Crippen molar-refractivity contribution in [3.63, 3.8) is 0 Å². The van der Waals surface area contributed by atoms with Crippen LogP contribution >= 0.6 is 11.6 Å². The molecule has 0 spiro atoms. The van der Waals surface area contributed by atoms with E-state index in [9.17, 15) is 0 Å². The maximum Gasteiger partial charge on any atom is 0.133 e. The standard InChI is InChI=1S/C16H21ClN2/c1-12(2)8-9-19(3)16-14(11-17)10-13-6-4-5-7-15(13)18-16/h4-7,10,12H,8-9,11H2,1-3H3. The zero-order valence-electron chi connectivity index (χ0n) is 11.9. The average Bonchev–Trinajstić information content (AvgIpc) is 2.43. The van der Waals surface area contributed by atoms with Crippen molar-refractivity contribution in [3.8, 4) is 0 Å². The van der Waals surface area contributed by atoms with Crippen LogP contribution in [0.3, 0.4) is 0 Å². The van der Waals surface area contributed by atoms with Crippen molar-refractivity contribution in [2.24, 2.45) is 5.92 Å². The van der Waals surface area contributed by atoms with Gasteiger partial charge in [-0.3, -0.25) is 0 Å². The minimum absolute atomic E-state index is 0.499. The molecule has 2 nitrogen and oxygen atoms in total. The van der Waals surface area contributed by atoms with Crippen LogP contribution in [-0.4, -0.2) is 18.6 Å². The van der Waals surface area contributed by atoms with Crippen molar-refractivity contribution in [1.29, 1.82) is 0 Å². The van der Waals surface area contributed by atoms with Gasteiger partial charge in [0.05, 0.1) is 11.4 Å². The minimum Gasteiger partial charge on any atom is -0.359 e. The molecule has 2 aromatic rings. The summed E-state index contributed by atoms with van der Waals surface area (Å²) in [7, 11) is 2.09. The molecule has 0 aliphatic rings. The highest BCUT2D eigenvalue weighted by atomic mass is 35.5. The monoisotopic (exact) mass is 276 g/mol. The topological polar surface area (TPSA) is 16.1 Å². The van der Waals surface area contributed by atoms with Crippen molar-refractivity contribution < 1.29 is 0 Å². The number of anilines is 1. The first kappa shape index (κ1) is 14.1. The molecule has 0 atom stereocenters. The number of benzene rings is 1. The van der Waals surface area contributed by atoms with Gasteiger partial charge in [-0.1, -0.05) is 32.0 Å². The van der Waals surface area contributed by atoms with E-state index in [-0.39, 0.29) is 0 Å². The average molecular weight is 277 g/mol. The molecule has 0 bridgehead atoms. The number of halogens is 1. The normalized spacial score (nSPS) is 11.2. The van der Waals surface area contributed by atoms with Gasteiger partial charge < -0.3 is 4.90 Å². The predicted octanol–water partition coefficient (Wildman–Crippen LogP) is 4.46. The lowest BCUT2D eigenvalue weighted by atomic mass is 10.1. The highest BCUT2D eigenvalue weighted by Gasteiger charge is 2.11. The Morgan fingerprint density at radius 2 is 2.00 bits per heavy atom. The second kappa shape index (κ2) is 6.25. The molecule has 0 saturated carbocycles. The molecule has 3 heteroatoms. The Morgan fingerprint density at radius 3 is 2.68 bits per heavy atom. The van der Waals surface area contributed by atoms with Gasteiger partial charge >= 0.3 is 0 Å². The van der Waals surface area contributed by atoms with Crippen molar-refractivity contribution in [2.45, 2.75) is 26.1 Å². The number of alkyl halides is 1. The van der Waals surface area contributed by atoms with Crippen LogP contribution < -0.4 is 4.90 Å². The van der Waals surface area contributed by atoms with Gasteiger partial charge in [0.15, 0.2) is 0 Å². The van der Waals surface area contributed by atoms with Crippen LogP contribution in [0.25, 0.3) is 10.9 Å². The molecule has 2 rings (SSSR count). The van der Waals surface area contributed by atoms with Crippen LogP contribution in [0.4, 0.5) is 5.82 Å². The van der Waals surface area contributed by atoms with E-state index in [1.54, 1.807) is 0 Å². The van der Waals surface area contributed by atoms with Gasteiger partial charge in [0.1, 0.15) is 5.82 Å². The molecule has 0 aliphatic heterocycles. The largest absolute Gasteiger partial charge is 0.359 e. The Morgan fingerprint density at radius 1 is 1.26 bits per heavy atom. The Balaban J connectivity index is 2.34. The third-order valence-corrected chi connectivity index (χ3v) is 3.62. The summed E-state index contributed by atoms with van der Waals surface area (Å²) >= 11 is 6.07. The number of aromatic nitrogens is 1. The lowest BCUT2D eigenvalue weighted by Gasteiger charge is -2.22. The predicted molar refractivity (Wildman–Crippen MR) is 84.0 cm³/mol. The lowest BCUT2D eigenvalue weighted by molar-refractivity contribution is 0.583. The van der Waals surface area contributed by atoms with Gasteiger partial charge in [0.2, 0.25) is 0 Å². The van der Waals surface area contributed by atoms with Crippen LogP contribution in [-0.2, 0) is 5.88 Å². The van der Waals surface area contributed by atoms with Crippen LogP contribution in [0.5, 0.6) is 0 Å². The van der Waals surface area contributed by atoms with E-state index in [4.69, 9.17) is 16.6 Å². The minimum atomic E-state index is 0.499. The van der Waals surface area contributed by atoms with Crippen molar-refractivity contribution in [3.05, 3.63) is 35.9 Å². The number of hydrogen-bond donors (Lipinski definition) is 0. The SMILES string of the molecule is CC(C)CCN(C)c1nc2ccccc2cc1CCl. The van der Waals surface area contributed by atoms with Gasteiger partial charge in [0, 0.05) is 24.5 Å². The van der Waals surface area contributed by atoms with E-state index >= 15 is 0 Å². The fraction of sp³-hybridized carbons (Fsp3) is 0.438. The Hall–Kier alpha value is -1.28. The first-order valence-electron chi connectivity index (χ1n) is 6.77. The summed E-state index contributed by atoms with van der Waals surface area (Å²) in [6, 6.07) is 10.3. The smallest absolute Gasteiger partial charge is 0.133 e. The van der Waals surface area contributed by atoms with Crippen molar-refractivity contribution in [1.82, 2.24) is 4.98 Å². The van der Waals surface area contributed by atoms with Crippen LogP contribution in [0, 0.1) is 5.92 Å².